The molecule has 226 valence electrons. The van der Waals surface area contributed by atoms with Crippen molar-refractivity contribution in [2.24, 2.45) is 5.41 Å². The van der Waals surface area contributed by atoms with Crippen molar-refractivity contribution in [3.63, 3.8) is 0 Å². The normalized spacial score (nSPS) is 16.2. The number of unbranched alkanes of at least 4 members (excludes halogenated alkanes) is 1. The fourth-order valence-electron chi connectivity index (χ4n) is 4.83. The second-order valence-corrected chi connectivity index (χ2v) is 12.7. The van der Waals surface area contributed by atoms with Crippen LogP contribution in [0.4, 0.5) is 32.4 Å². The summed E-state index contributed by atoms with van der Waals surface area (Å²) < 4.78 is 74.9. The van der Waals surface area contributed by atoms with Crippen LogP contribution >= 0.6 is 0 Å². The van der Waals surface area contributed by atoms with Gasteiger partial charge in [0.15, 0.2) is 0 Å². The highest BCUT2D eigenvalue weighted by Crippen LogP contribution is 2.40. The van der Waals surface area contributed by atoms with Crippen molar-refractivity contribution in [3.8, 4) is 0 Å². The molecule has 0 aliphatic carbocycles. The van der Waals surface area contributed by atoms with Crippen LogP contribution in [0.3, 0.4) is 0 Å². The summed E-state index contributed by atoms with van der Waals surface area (Å²) in [7, 11) is -1.50. The highest BCUT2D eigenvalue weighted by Gasteiger charge is 2.56. The number of amides is 3. The molecule has 3 amide bonds. The van der Waals surface area contributed by atoms with Gasteiger partial charge in [-0.25, -0.2) is 4.79 Å². The minimum atomic E-state index is -5.61. The summed E-state index contributed by atoms with van der Waals surface area (Å²) in [5.41, 5.74) is 1.15. The second kappa shape index (κ2) is 13.8. The Kier molecular flexibility index (Phi) is 11.6. The van der Waals surface area contributed by atoms with E-state index in [-0.39, 0.29) is 41.0 Å². The summed E-state index contributed by atoms with van der Waals surface area (Å²) in [6, 6.07) is 4.46. The SMILES string of the molecule is Cc1cc(C(CCN2CC(=O)NC2=O)CC(C)(C)CCCCS(=O)CCCC(F)(F)C(F)(F)F)ccc1[N+](=O)[O-]. The first-order valence-corrected chi connectivity index (χ1v) is 14.5. The fraction of sp³-hybridized carbons (Fsp3) is 0.692. The van der Waals surface area contributed by atoms with Gasteiger partial charge in [0, 0.05) is 46.9 Å². The standard InChI is InChI=1S/C26H36F5N3O5S/c1-18-15-19(7-8-21(18)34(37)38)20(9-12-33-17-22(35)32-23(33)36)16-24(2,3)10-4-5-13-40(39)14-6-11-25(27,28)26(29,30)31/h7-8,15,20H,4-6,9-14,16-17H2,1-3H3,(H,32,35,36). The molecule has 14 heteroatoms. The van der Waals surface area contributed by atoms with E-state index in [1.807, 2.05) is 13.8 Å². The van der Waals surface area contributed by atoms with Gasteiger partial charge < -0.3 is 4.90 Å². The van der Waals surface area contributed by atoms with Crippen LogP contribution in [-0.4, -0.2) is 62.7 Å². The van der Waals surface area contributed by atoms with E-state index in [2.05, 4.69) is 5.32 Å². The molecule has 1 aliphatic rings. The summed E-state index contributed by atoms with van der Waals surface area (Å²) in [6.07, 6.45) is -4.41. The number of carbonyl (C=O) groups is 2. The number of hydrogen-bond acceptors (Lipinski definition) is 5. The Morgan fingerprint density at radius 2 is 1.73 bits per heavy atom. The van der Waals surface area contributed by atoms with Gasteiger partial charge in [0.1, 0.15) is 6.54 Å². The monoisotopic (exact) mass is 597 g/mol. The van der Waals surface area contributed by atoms with Crippen LogP contribution in [0.5, 0.6) is 0 Å². The van der Waals surface area contributed by atoms with Crippen LogP contribution in [0.1, 0.15) is 75.8 Å². The topological polar surface area (TPSA) is 110 Å². The fourth-order valence-corrected chi connectivity index (χ4v) is 6.03. The van der Waals surface area contributed by atoms with Crippen molar-refractivity contribution in [1.82, 2.24) is 10.2 Å². The number of nitrogens with zero attached hydrogens (tertiary/aromatic N) is 2. The molecular formula is C26H36F5N3O5S. The summed E-state index contributed by atoms with van der Waals surface area (Å²) in [5.74, 6) is -5.25. The van der Waals surface area contributed by atoms with Crippen molar-refractivity contribution in [2.75, 3.05) is 24.6 Å². The number of rotatable bonds is 16. The third kappa shape index (κ3) is 10.1. The minimum Gasteiger partial charge on any atom is -0.315 e. The molecule has 2 unspecified atom stereocenters. The number of aryl methyl sites for hydroxylation is 1. The molecule has 1 heterocycles. The average molecular weight is 598 g/mol. The van der Waals surface area contributed by atoms with Gasteiger partial charge >= 0.3 is 18.1 Å². The minimum absolute atomic E-state index is 0.00130. The van der Waals surface area contributed by atoms with Gasteiger partial charge in [0.2, 0.25) is 5.91 Å². The van der Waals surface area contributed by atoms with E-state index in [1.54, 1.807) is 19.1 Å². The second-order valence-electron chi connectivity index (χ2n) is 11.0. The molecule has 8 nitrogen and oxygen atoms in total. The van der Waals surface area contributed by atoms with E-state index in [4.69, 9.17) is 0 Å². The third-order valence-corrected chi connectivity index (χ3v) is 8.54. The molecule has 0 aromatic heterocycles. The van der Waals surface area contributed by atoms with Crippen LogP contribution in [0.2, 0.25) is 0 Å². The number of alkyl halides is 5. The number of benzene rings is 1. The molecule has 40 heavy (non-hydrogen) atoms. The summed E-state index contributed by atoms with van der Waals surface area (Å²) in [4.78, 5) is 35.8. The van der Waals surface area contributed by atoms with Gasteiger partial charge in [0.05, 0.1) is 4.92 Å². The molecule has 2 rings (SSSR count). The molecule has 1 fully saturated rings. The van der Waals surface area contributed by atoms with Crippen LogP contribution in [0.25, 0.3) is 0 Å². The van der Waals surface area contributed by atoms with Gasteiger partial charge in [-0.15, -0.1) is 0 Å². The third-order valence-electron chi connectivity index (χ3n) is 7.06. The number of urea groups is 1. The van der Waals surface area contributed by atoms with Crippen molar-refractivity contribution in [1.29, 1.82) is 0 Å². The lowest BCUT2D eigenvalue weighted by atomic mass is 9.75. The van der Waals surface area contributed by atoms with Gasteiger partial charge in [-0.1, -0.05) is 26.3 Å². The molecule has 1 aromatic carbocycles. The molecule has 1 saturated heterocycles. The van der Waals surface area contributed by atoms with Crippen molar-refractivity contribution >= 4 is 28.4 Å². The van der Waals surface area contributed by atoms with Crippen LogP contribution in [-0.2, 0) is 15.6 Å². The summed E-state index contributed by atoms with van der Waals surface area (Å²) in [5, 5.41) is 13.5. The number of halogens is 5. The predicted molar refractivity (Wildman–Crippen MR) is 141 cm³/mol. The zero-order chi connectivity index (χ0) is 30.3. The number of nitro groups is 1. The quantitative estimate of drug-likeness (QED) is 0.0798. The van der Waals surface area contributed by atoms with Crippen LogP contribution in [0, 0.1) is 22.5 Å². The van der Waals surface area contributed by atoms with E-state index in [1.165, 1.54) is 11.0 Å². The Balaban J connectivity index is 1.94. The zero-order valence-electron chi connectivity index (χ0n) is 22.8. The van der Waals surface area contributed by atoms with Gasteiger partial charge in [-0.05, 0) is 62.0 Å². The number of imide groups is 1. The lowest BCUT2D eigenvalue weighted by molar-refractivity contribution is -0.385. The maximum Gasteiger partial charge on any atom is 0.453 e. The smallest absolute Gasteiger partial charge is 0.315 e. The largest absolute Gasteiger partial charge is 0.453 e. The lowest BCUT2D eigenvalue weighted by Crippen LogP contribution is -2.36. The maximum atomic E-state index is 13.0. The molecule has 1 aromatic rings. The first kappa shape index (κ1) is 33.6. The summed E-state index contributed by atoms with van der Waals surface area (Å²) in [6.45, 7) is 6.03. The Morgan fingerprint density at radius 3 is 2.27 bits per heavy atom. The zero-order valence-corrected chi connectivity index (χ0v) is 23.6. The Hall–Kier alpha value is -2.64. The van der Waals surface area contributed by atoms with Gasteiger partial charge in [-0.3, -0.25) is 24.4 Å². The Bertz CT molecular complexity index is 1100. The first-order chi connectivity index (χ1) is 18.4. The average Bonchev–Trinajstić information content (AvgIpc) is 3.15. The van der Waals surface area contributed by atoms with Crippen molar-refractivity contribution < 1.29 is 40.7 Å². The van der Waals surface area contributed by atoms with Crippen LogP contribution in [0.15, 0.2) is 18.2 Å². The molecule has 0 bridgehead atoms. The predicted octanol–water partition coefficient (Wildman–Crippen LogP) is 6.24. The number of nitro benzene ring substituents is 1. The molecule has 2 atom stereocenters. The van der Waals surface area contributed by atoms with E-state index in [0.717, 1.165) is 5.56 Å². The van der Waals surface area contributed by atoms with Gasteiger partial charge in [-0.2, -0.15) is 22.0 Å². The Morgan fingerprint density at radius 1 is 1.07 bits per heavy atom. The first-order valence-electron chi connectivity index (χ1n) is 13.0. The van der Waals surface area contributed by atoms with E-state index < -0.39 is 46.7 Å². The molecule has 0 saturated carbocycles. The number of carbonyl (C=O) groups excluding carboxylic acids is 2. The maximum absolute atomic E-state index is 13.0. The highest BCUT2D eigenvalue weighted by atomic mass is 32.2. The molecule has 1 N–H and O–H groups in total. The van der Waals surface area contributed by atoms with Crippen molar-refractivity contribution in [2.45, 2.75) is 83.7 Å². The number of hydrogen-bond donors (Lipinski definition) is 1. The molecule has 0 spiro atoms. The number of nitrogens with one attached hydrogen (secondary N) is 1. The van der Waals surface area contributed by atoms with E-state index in [9.17, 15) is 45.9 Å². The van der Waals surface area contributed by atoms with Gasteiger partial charge in [0.25, 0.3) is 5.69 Å². The molecule has 0 radical (unpaired) electrons. The summed E-state index contributed by atoms with van der Waals surface area (Å²) >= 11 is 0. The Labute approximate surface area is 232 Å². The molecule has 1 aliphatic heterocycles. The molecular weight excluding hydrogens is 561 g/mol. The van der Waals surface area contributed by atoms with E-state index in [0.29, 0.717) is 44.2 Å². The van der Waals surface area contributed by atoms with Crippen molar-refractivity contribution in [3.05, 3.63) is 39.4 Å². The lowest BCUT2D eigenvalue weighted by Gasteiger charge is -2.31. The van der Waals surface area contributed by atoms with Crippen LogP contribution < -0.4 is 5.32 Å². The highest BCUT2D eigenvalue weighted by molar-refractivity contribution is 7.84. The van der Waals surface area contributed by atoms with E-state index >= 15 is 0 Å².